The maximum Gasteiger partial charge on any atom is 0.138 e. The van der Waals surface area contributed by atoms with Crippen LogP contribution in [0.25, 0.3) is 16.9 Å². The predicted octanol–water partition coefficient (Wildman–Crippen LogP) is 3.66. The molecule has 3 aromatic rings. The van der Waals surface area contributed by atoms with Crippen LogP contribution >= 0.6 is 11.6 Å². The maximum absolute atomic E-state index is 6.11. The lowest BCUT2D eigenvalue weighted by atomic mass is 10.2. The minimum atomic E-state index is 0.653. The Morgan fingerprint density at radius 3 is 2.56 bits per heavy atom. The van der Waals surface area contributed by atoms with Gasteiger partial charge in [0.05, 0.1) is 12.8 Å². The number of methoxy groups -OCH3 is 1. The van der Waals surface area contributed by atoms with E-state index in [4.69, 9.17) is 16.3 Å². The highest BCUT2D eigenvalue weighted by atomic mass is 35.5. The molecular weight excluding hydrogens is 248 g/mol. The lowest BCUT2D eigenvalue weighted by molar-refractivity contribution is 0.415. The predicted molar refractivity (Wildman–Crippen MR) is 72.2 cm³/mol. The van der Waals surface area contributed by atoms with Gasteiger partial charge in [-0.3, -0.25) is 4.40 Å². The number of ether oxygens (including phenoxy) is 1. The lowest BCUT2D eigenvalue weighted by Gasteiger charge is -2.00. The molecule has 4 heteroatoms. The number of fused-ring (bicyclic) bond motifs is 1. The minimum Gasteiger partial charge on any atom is -0.497 e. The van der Waals surface area contributed by atoms with Gasteiger partial charge in [-0.15, -0.1) is 0 Å². The van der Waals surface area contributed by atoms with Crippen LogP contribution in [0.1, 0.15) is 0 Å². The molecule has 90 valence electrons. The van der Waals surface area contributed by atoms with E-state index in [-0.39, 0.29) is 0 Å². The molecule has 3 nitrogen and oxygen atoms in total. The van der Waals surface area contributed by atoms with Crippen molar-refractivity contribution < 1.29 is 4.74 Å². The Morgan fingerprint density at radius 2 is 1.89 bits per heavy atom. The number of benzene rings is 1. The van der Waals surface area contributed by atoms with Crippen molar-refractivity contribution in [2.24, 2.45) is 0 Å². The summed E-state index contributed by atoms with van der Waals surface area (Å²) < 4.78 is 7.00. The van der Waals surface area contributed by atoms with Crippen LogP contribution < -0.4 is 4.74 Å². The fourth-order valence-electron chi connectivity index (χ4n) is 1.88. The van der Waals surface area contributed by atoms with Crippen LogP contribution in [0.2, 0.25) is 5.15 Å². The fourth-order valence-corrected chi connectivity index (χ4v) is 2.09. The topological polar surface area (TPSA) is 26.5 Å². The zero-order chi connectivity index (χ0) is 12.5. The van der Waals surface area contributed by atoms with Gasteiger partial charge in [0, 0.05) is 11.8 Å². The number of halogens is 1. The Hall–Kier alpha value is -2.00. The molecule has 18 heavy (non-hydrogen) atoms. The summed E-state index contributed by atoms with van der Waals surface area (Å²) in [5.41, 5.74) is 2.77. The first-order chi connectivity index (χ1) is 8.78. The van der Waals surface area contributed by atoms with Gasteiger partial charge in [0.25, 0.3) is 0 Å². The average Bonchev–Trinajstić information content (AvgIpc) is 2.84. The second-order valence-electron chi connectivity index (χ2n) is 3.93. The molecule has 0 radical (unpaired) electrons. The highest BCUT2D eigenvalue weighted by molar-refractivity contribution is 6.29. The van der Waals surface area contributed by atoms with Gasteiger partial charge in [0.2, 0.25) is 0 Å². The van der Waals surface area contributed by atoms with E-state index in [1.54, 1.807) is 7.11 Å². The number of rotatable bonds is 2. The van der Waals surface area contributed by atoms with Gasteiger partial charge in [-0.1, -0.05) is 17.7 Å². The Kier molecular flexibility index (Phi) is 2.68. The molecule has 0 atom stereocenters. The van der Waals surface area contributed by atoms with E-state index >= 15 is 0 Å². The van der Waals surface area contributed by atoms with Crippen LogP contribution in [0.5, 0.6) is 5.75 Å². The van der Waals surface area contributed by atoms with Crippen molar-refractivity contribution in [3.63, 3.8) is 0 Å². The van der Waals surface area contributed by atoms with Crippen LogP contribution in [-0.2, 0) is 0 Å². The third kappa shape index (κ3) is 1.83. The summed E-state index contributed by atoms with van der Waals surface area (Å²) >= 11 is 6.11. The summed E-state index contributed by atoms with van der Waals surface area (Å²) in [5.74, 6) is 0.834. The van der Waals surface area contributed by atoms with Crippen LogP contribution in [0, 0.1) is 0 Å². The van der Waals surface area contributed by atoms with E-state index in [2.05, 4.69) is 4.98 Å². The molecule has 0 saturated carbocycles. The Labute approximate surface area is 110 Å². The smallest absolute Gasteiger partial charge is 0.138 e. The van der Waals surface area contributed by atoms with Crippen molar-refractivity contribution in [3.8, 4) is 17.0 Å². The van der Waals surface area contributed by atoms with E-state index < -0.39 is 0 Å². The first-order valence-corrected chi connectivity index (χ1v) is 5.94. The van der Waals surface area contributed by atoms with E-state index in [9.17, 15) is 0 Å². The molecule has 0 bridgehead atoms. The maximum atomic E-state index is 6.11. The quantitative estimate of drug-likeness (QED) is 0.656. The molecule has 0 unspecified atom stereocenters. The van der Waals surface area contributed by atoms with Crippen LogP contribution in [0.15, 0.2) is 48.7 Å². The van der Waals surface area contributed by atoms with E-state index in [1.165, 1.54) is 0 Å². The number of hydrogen-bond acceptors (Lipinski definition) is 2. The molecule has 1 aromatic carbocycles. The summed E-state index contributed by atoms with van der Waals surface area (Å²) in [7, 11) is 1.65. The second-order valence-corrected chi connectivity index (χ2v) is 4.32. The van der Waals surface area contributed by atoms with Gasteiger partial charge in [0.1, 0.15) is 16.5 Å². The molecule has 0 spiro atoms. The summed E-state index contributed by atoms with van der Waals surface area (Å²) in [6.45, 7) is 0. The van der Waals surface area contributed by atoms with Crippen molar-refractivity contribution in [1.29, 1.82) is 0 Å². The number of hydrogen-bond donors (Lipinski definition) is 0. The van der Waals surface area contributed by atoms with Gasteiger partial charge >= 0.3 is 0 Å². The molecular formula is C14H11ClN2O. The SMILES string of the molecule is COc1ccc(-c2cn3c(Cl)cccc3n2)cc1. The molecule has 0 fully saturated rings. The van der Waals surface area contributed by atoms with E-state index in [0.29, 0.717) is 5.15 Å². The molecule has 0 N–H and O–H groups in total. The normalized spacial score (nSPS) is 10.8. The van der Waals surface area contributed by atoms with Crippen LogP contribution in [-0.4, -0.2) is 16.5 Å². The third-order valence-corrected chi connectivity index (χ3v) is 3.14. The van der Waals surface area contributed by atoms with Gasteiger partial charge < -0.3 is 4.74 Å². The Morgan fingerprint density at radius 1 is 1.11 bits per heavy atom. The first-order valence-electron chi connectivity index (χ1n) is 5.56. The number of nitrogens with zero attached hydrogens (tertiary/aromatic N) is 2. The monoisotopic (exact) mass is 258 g/mol. The van der Waals surface area contributed by atoms with E-state index in [1.807, 2.05) is 53.1 Å². The van der Waals surface area contributed by atoms with Crippen molar-refractivity contribution >= 4 is 17.2 Å². The van der Waals surface area contributed by atoms with Crippen LogP contribution in [0.4, 0.5) is 0 Å². The average molecular weight is 259 g/mol. The van der Waals surface area contributed by atoms with Crippen molar-refractivity contribution in [2.75, 3.05) is 7.11 Å². The van der Waals surface area contributed by atoms with Crippen molar-refractivity contribution in [3.05, 3.63) is 53.8 Å². The molecule has 2 aromatic heterocycles. The fraction of sp³-hybridized carbons (Fsp3) is 0.0714. The largest absolute Gasteiger partial charge is 0.497 e. The lowest BCUT2D eigenvalue weighted by Crippen LogP contribution is -1.82. The molecule has 0 aliphatic rings. The molecule has 0 saturated heterocycles. The van der Waals surface area contributed by atoms with Gasteiger partial charge in [-0.2, -0.15) is 0 Å². The molecule has 0 amide bonds. The minimum absolute atomic E-state index is 0.653. The van der Waals surface area contributed by atoms with Crippen molar-refractivity contribution in [1.82, 2.24) is 9.38 Å². The highest BCUT2D eigenvalue weighted by Gasteiger charge is 2.06. The Bertz CT molecular complexity index is 689. The molecule has 0 aliphatic carbocycles. The van der Waals surface area contributed by atoms with Gasteiger partial charge in [-0.25, -0.2) is 4.98 Å². The first kappa shape index (κ1) is 11.1. The zero-order valence-corrected chi connectivity index (χ0v) is 10.6. The van der Waals surface area contributed by atoms with Gasteiger partial charge in [0.15, 0.2) is 0 Å². The number of aromatic nitrogens is 2. The number of pyridine rings is 1. The van der Waals surface area contributed by atoms with Crippen molar-refractivity contribution in [2.45, 2.75) is 0 Å². The summed E-state index contributed by atoms with van der Waals surface area (Å²) in [4.78, 5) is 4.54. The van der Waals surface area contributed by atoms with Gasteiger partial charge in [-0.05, 0) is 36.4 Å². The molecule has 2 heterocycles. The zero-order valence-electron chi connectivity index (χ0n) is 9.80. The summed E-state index contributed by atoms with van der Waals surface area (Å²) in [6, 6.07) is 13.5. The van der Waals surface area contributed by atoms with Crippen LogP contribution in [0.3, 0.4) is 0 Å². The summed E-state index contributed by atoms with van der Waals surface area (Å²) in [6.07, 6.45) is 1.93. The number of imidazole rings is 1. The van der Waals surface area contributed by atoms with E-state index in [0.717, 1.165) is 22.7 Å². The second kappa shape index (κ2) is 4.35. The summed E-state index contributed by atoms with van der Waals surface area (Å²) in [5, 5.41) is 0.653. The highest BCUT2D eigenvalue weighted by Crippen LogP contribution is 2.23. The standard InChI is InChI=1S/C14H11ClN2O/c1-18-11-7-5-10(6-8-11)12-9-17-13(15)3-2-4-14(17)16-12/h2-9H,1H3. The molecule has 0 aliphatic heterocycles. The molecule has 3 rings (SSSR count). The third-order valence-electron chi connectivity index (χ3n) is 2.83. The Balaban J connectivity index is 2.10.